The summed E-state index contributed by atoms with van der Waals surface area (Å²) in [5.74, 6) is 0. The highest BCUT2D eigenvalue weighted by molar-refractivity contribution is 5.67. The number of nitrogens with one attached hydrogen (secondary N) is 1. The molecule has 2 rings (SSSR count). The van der Waals surface area contributed by atoms with Gasteiger partial charge in [-0.2, -0.15) is 0 Å². The average Bonchev–Trinajstić information content (AvgIpc) is 2.37. The van der Waals surface area contributed by atoms with Crippen LogP contribution in [0.15, 0.2) is 30.3 Å². The van der Waals surface area contributed by atoms with E-state index < -0.39 is 0 Å². The van der Waals surface area contributed by atoms with E-state index in [0.717, 1.165) is 18.5 Å². The Hall–Kier alpha value is -1.51. The third-order valence-electron chi connectivity index (χ3n) is 3.98. The molecule has 0 aliphatic heterocycles. The molecule has 3 nitrogen and oxygen atoms in total. The lowest BCUT2D eigenvalue weighted by Gasteiger charge is -2.41. The Kier molecular flexibility index (Phi) is 4.24. The molecule has 0 radical (unpaired) electrons. The Morgan fingerprint density at radius 3 is 2.61 bits per heavy atom. The van der Waals surface area contributed by atoms with Crippen LogP contribution in [-0.2, 0) is 11.3 Å². The van der Waals surface area contributed by atoms with Gasteiger partial charge in [-0.25, -0.2) is 4.79 Å². The molecule has 1 amide bonds. The summed E-state index contributed by atoms with van der Waals surface area (Å²) < 4.78 is 5.19. The van der Waals surface area contributed by atoms with Gasteiger partial charge < -0.3 is 10.1 Å². The van der Waals surface area contributed by atoms with Crippen molar-refractivity contribution in [2.45, 2.75) is 39.2 Å². The van der Waals surface area contributed by atoms with Crippen LogP contribution in [0.25, 0.3) is 0 Å². The molecule has 1 aliphatic carbocycles. The lowest BCUT2D eigenvalue weighted by molar-refractivity contribution is 0.103. The third kappa shape index (κ3) is 3.25. The SMILES string of the molecule is CCC1(CNC(=O)OCc2ccccc2)CCC1. The van der Waals surface area contributed by atoms with Gasteiger partial charge in [0.2, 0.25) is 0 Å². The molecule has 1 aromatic rings. The maximum absolute atomic E-state index is 11.6. The molecule has 0 bridgehead atoms. The predicted octanol–water partition coefficient (Wildman–Crippen LogP) is 3.49. The molecule has 0 aromatic heterocycles. The van der Waals surface area contributed by atoms with Crippen LogP contribution in [0.5, 0.6) is 0 Å². The summed E-state index contributed by atoms with van der Waals surface area (Å²) in [7, 11) is 0. The van der Waals surface area contributed by atoms with Crippen LogP contribution in [0, 0.1) is 5.41 Å². The van der Waals surface area contributed by atoms with E-state index in [4.69, 9.17) is 4.74 Å². The van der Waals surface area contributed by atoms with Crippen molar-refractivity contribution in [2.75, 3.05) is 6.54 Å². The fourth-order valence-corrected chi connectivity index (χ4v) is 2.37. The zero-order chi connectivity index (χ0) is 12.8. The van der Waals surface area contributed by atoms with Crippen LogP contribution in [0.4, 0.5) is 4.79 Å². The number of ether oxygens (including phenoxy) is 1. The lowest BCUT2D eigenvalue weighted by atomic mass is 9.67. The molecule has 1 fully saturated rings. The van der Waals surface area contributed by atoms with Crippen LogP contribution >= 0.6 is 0 Å². The first-order chi connectivity index (χ1) is 8.74. The highest BCUT2D eigenvalue weighted by atomic mass is 16.5. The number of benzene rings is 1. The summed E-state index contributed by atoms with van der Waals surface area (Å²) in [5.41, 5.74) is 1.35. The van der Waals surface area contributed by atoms with Crippen LogP contribution in [-0.4, -0.2) is 12.6 Å². The van der Waals surface area contributed by atoms with Gasteiger partial charge in [-0.15, -0.1) is 0 Å². The molecule has 1 N–H and O–H groups in total. The first kappa shape index (κ1) is 12.9. The highest BCUT2D eigenvalue weighted by Gasteiger charge is 2.35. The van der Waals surface area contributed by atoms with Crippen molar-refractivity contribution in [2.24, 2.45) is 5.41 Å². The van der Waals surface area contributed by atoms with E-state index in [9.17, 15) is 4.79 Å². The minimum Gasteiger partial charge on any atom is -0.445 e. The number of amides is 1. The van der Waals surface area contributed by atoms with Crippen LogP contribution < -0.4 is 5.32 Å². The molecule has 1 aliphatic rings. The van der Waals surface area contributed by atoms with Crippen molar-refractivity contribution in [1.29, 1.82) is 0 Å². The van der Waals surface area contributed by atoms with E-state index in [0.29, 0.717) is 12.0 Å². The highest BCUT2D eigenvalue weighted by Crippen LogP contribution is 2.42. The molecule has 0 unspecified atom stereocenters. The third-order valence-corrected chi connectivity index (χ3v) is 3.98. The Balaban J connectivity index is 1.69. The molecular formula is C15H21NO2. The number of hydrogen-bond acceptors (Lipinski definition) is 2. The van der Waals surface area contributed by atoms with E-state index in [1.54, 1.807) is 0 Å². The van der Waals surface area contributed by atoms with Gasteiger partial charge in [0.05, 0.1) is 0 Å². The van der Waals surface area contributed by atoms with Crippen molar-refractivity contribution in [1.82, 2.24) is 5.32 Å². The topological polar surface area (TPSA) is 38.3 Å². The normalized spacial score (nSPS) is 16.7. The molecule has 98 valence electrons. The quantitative estimate of drug-likeness (QED) is 0.865. The van der Waals surface area contributed by atoms with Crippen molar-refractivity contribution in [3.63, 3.8) is 0 Å². The monoisotopic (exact) mass is 247 g/mol. The van der Waals surface area contributed by atoms with Crippen molar-refractivity contribution < 1.29 is 9.53 Å². The summed E-state index contributed by atoms with van der Waals surface area (Å²) in [6.45, 7) is 3.28. The standard InChI is InChI=1S/C15H21NO2/c1-2-15(9-6-10-15)12-16-14(17)18-11-13-7-4-3-5-8-13/h3-5,7-8H,2,6,9-12H2,1H3,(H,16,17). The molecule has 1 aromatic carbocycles. The smallest absolute Gasteiger partial charge is 0.407 e. The Labute approximate surface area is 109 Å². The Morgan fingerprint density at radius 2 is 2.06 bits per heavy atom. The first-order valence-electron chi connectivity index (χ1n) is 6.69. The van der Waals surface area contributed by atoms with Gasteiger partial charge >= 0.3 is 6.09 Å². The van der Waals surface area contributed by atoms with Crippen LogP contribution in [0.2, 0.25) is 0 Å². The van der Waals surface area contributed by atoms with Crippen LogP contribution in [0.1, 0.15) is 38.2 Å². The van der Waals surface area contributed by atoms with Gasteiger partial charge in [0.15, 0.2) is 0 Å². The van der Waals surface area contributed by atoms with E-state index >= 15 is 0 Å². The molecule has 0 spiro atoms. The second-order valence-electron chi connectivity index (χ2n) is 5.12. The van der Waals surface area contributed by atoms with E-state index in [2.05, 4.69) is 12.2 Å². The van der Waals surface area contributed by atoms with E-state index in [-0.39, 0.29) is 6.09 Å². The summed E-state index contributed by atoms with van der Waals surface area (Å²) >= 11 is 0. The van der Waals surface area contributed by atoms with Gasteiger partial charge in [-0.1, -0.05) is 43.7 Å². The number of alkyl carbamates (subject to hydrolysis) is 1. The lowest BCUT2D eigenvalue weighted by Crippen LogP contribution is -2.41. The Bertz CT molecular complexity index is 379. The Morgan fingerprint density at radius 1 is 1.33 bits per heavy atom. The summed E-state index contributed by atoms with van der Waals surface area (Å²) in [4.78, 5) is 11.6. The first-order valence-corrected chi connectivity index (χ1v) is 6.69. The molecule has 18 heavy (non-hydrogen) atoms. The van der Waals surface area contributed by atoms with Crippen molar-refractivity contribution in [3.05, 3.63) is 35.9 Å². The zero-order valence-corrected chi connectivity index (χ0v) is 10.9. The maximum Gasteiger partial charge on any atom is 0.407 e. The zero-order valence-electron chi connectivity index (χ0n) is 10.9. The van der Waals surface area contributed by atoms with Gasteiger partial charge in [-0.3, -0.25) is 0 Å². The van der Waals surface area contributed by atoms with Gasteiger partial charge in [-0.05, 0) is 30.2 Å². The summed E-state index contributed by atoms with van der Waals surface area (Å²) in [6.07, 6.45) is 4.56. The molecule has 0 atom stereocenters. The number of carbonyl (C=O) groups excluding carboxylic acids is 1. The fraction of sp³-hybridized carbons (Fsp3) is 0.533. The largest absolute Gasteiger partial charge is 0.445 e. The van der Waals surface area contributed by atoms with E-state index in [1.807, 2.05) is 30.3 Å². The van der Waals surface area contributed by atoms with Crippen molar-refractivity contribution >= 4 is 6.09 Å². The van der Waals surface area contributed by atoms with Crippen LogP contribution in [0.3, 0.4) is 0 Å². The summed E-state index contributed by atoms with van der Waals surface area (Å²) in [6, 6.07) is 9.73. The number of rotatable bonds is 5. The molecule has 0 heterocycles. The second kappa shape index (κ2) is 5.89. The minimum atomic E-state index is -0.307. The molecule has 0 saturated heterocycles. The average molecular weight is 247 g/mol. The minimum absolute atomic E-state index is 0.307. The molecular weight excluding hydrogens is 226 g/mol. The van der Waals surface area contributed by atoms with Gasteiger partial charge in [0.1, 0.15) is 6.61 Å². The fourth-order valence-electron chi connectivity index (χ4n) is 2.37. The number of carbonyl (C=O) groups is 1. The maximum atomic E-state index is 11.6. The molecule has 3 heteroatoms. The predicted molar refractivity (Wildman–Crippen MR) is 71.2 cm³/mol. The number of hydrogen-bond donors (Lipinski definition) is 1. The van der Waals surface area contributed by atoms with E-state index in [1.165, 1.54) is 19.3 Å². The summed E-state index contributed by atoms with van der Waals surface area (Å²) in [5, 5.41) is 2.89. The van der Waals surface area contributed by atoms with Crippen molar-refractivity contribution in [3.8, 4) is 0 Å². The second-order valence-corrected chi connectivity index (χ2v) is 5.12. The van der Waals surface area contributed by atoms with Gasteiger partial charge in [0, 0.05) is 6.54 Å². The molecule has 1 saturated carbocycles. The van der Waals surface area contributed by atoms with Gasteiger partial charge in [0.25, 0.3) is 0 Å².